The van der Waals surface area contributed by atoms with E-state index in [-0.39, 0.29) is 18.9 Å². The highest BCUT2D eigenvalue weighted by atomic mass is 32.2. The summed E-state index contributed by atoms with van der Waals surface area (Å²) in [6.45, 7) is 0.786. The van der Waals surface area contributed by atoms with Crippen molar-refractivity contribution in [3.63, 3.8) is 0 Å². The average Bonchev–Trinajstić information content (AvgIpc) is 2.83. The van der Waals surface area contributed by atoms with Crippen molar-refractivity contribution < 1.29 is 13.2 Å². The van der Waals surface area contributed by atoms with Gasteiger partial charge in [-0.15, -0.1) is 11.3 Å². The summed E-state index contributed by atoms with van der Waals surface area (Å²) in [4.78, 5) is 14.4. The Morgan fingerprint density at radius 1 is 1.53 bits per heavy atom. The largest absolute Gasteiger partial charge is 0.341 e. The molecule has 2 heterocycles. The van der Waals surface area contributed by atoms with E-state index in [0.29, 0.717) is 6.54 Å². The number of likely N-dealkylation sites (tertiary alicyclic amines) is 1. The van der Waals surface area contributed by atoms with Crippen molar-refractivity contribution in [3.8, 4) is 0 Å². The van der Waals surface area contributed by atoms with Gasteiger partial charge in [0.2, 0.25) is 15.9 Å². The molecule has 1 amide bonds. The van der Waals surface area contributed by atoms with Crippen molar-refractivity contribution in [2.45, 2.75) is 18.1 Å². The van der Waals surface area contributed by atoms with E-state index < -0.39 is 15.3 Å². The number of carbonyl (C=O) groups is 1. The first-order valence-electron chi connectivity index (χ1n) is 5.28. The third-order valence-corrected chi connectivity index (χ3v) is 5.03. The molecule has 1 atom stereocenters. The van der Waals surface area contributed by atoms with Gasteiger partial charge in [0.25, 0.3) is 0 Å². The Hall–Kier alpha value is -0.920. The van der Waals surface area contributed by atoms with Crippen LogP contribution in [-0.4, -0.2) is 37.6 Å². The molecule has 0 bridgehead atoms. The summed E-state index contributed by atoms with van der Waals surface area (Å²) in [5, 5.41) is 6.29. The van der Waals surface area contributed by atoms with Crippen LogP contribution in [0.2, 0.25) is 0 Å². The van der Waals surface area contributed by atoms with Gasteiger partial charge in [0.1, 0.15) is 5.25 Å². The van der Waals surface area contributed by atoms with Crippen LogP contribution in [0.1, 0.15) is 11.3 Å². The predicted octanol–water partition coefficient (Wildman–Crippen LogP) is 0.180. The normalized spacial score (nSPS) is 21.1. The molecule has 1 fully saturated rings. The van der Waals surface area contributed by atoms with E-state index in [1.54, 1.807) is 16.2 Å². The molecule has 1 aliphatic rings. The van der Waals surface area contributed by atoms with Crippen LogP contribution in [0.3, 0.4) is 0 Å². The molecule has 5 nitrogen and oxygen atoms in total. The summed E-state index contributed by atoms with van der Waals surface area (Å²) in [5.41, 5.74) is 0. The molecule has 1 saturated heterocycles. The van der Waals surface area contributed by atoms with Gasteiger partial charge in [0.05, 0.1) is 0 Å². The van der Waals surface area contributed by atoms with Crippen LogP contribution in [0.4, 0.5) is 0 Å². The fraction of sp³-hybridized carbons (Fsp3) is 0.500. The number of hydrogen-bond donors (Lipinski definition) is 1. The maximum absolute atomic E-state index is 11.6. The number of thiophene rings is 1. The van der Waals surface area contributed by atoms with Crippen LogP contribution >= 0.6 is 11.3 Å². The first-order valence-corrected chi connectivity index (χ1v) is 7.77. The van der Waals surface area contributed by atoms with Crippen LogP contribution < -0.4 is 5.14 Å². The van der Waals surface area contributed by atoms with Gasteiger partial charge in [-0.1, -0.05) is 6.07 Å². The molecule has 1 unspecified atom stereocenters. The molecule has 94 valence electrons. The van der Waals surface area contributed by atoms with Crippen LogP contribution in [0.5, 0.6) is 0 Å². The molecular formula is C10H14N2O3S2. The van der Waals surface area contributed by atoms with Gasteiger partial charge in [-0.05, 0) is 17.9 Å². The molecule has 2 rings (SSSR count). The lowest BCUT2D eigenvalue weighted by Gasteiger charge is -2.15. The van der Waals surface area contributed by atoms with E-state index in [9.17, 15) is 13.2 Å². The fourth-order valence-electron chi connectivity index (χ4n) is 1.87. The highest BCUT2D eigenvalue weighted by Crippen LogP contribution is 2.18. The van der Waals surface area contributed by atoms with E-state index in [2.05, 4.69) is 0 Å². The van der Waals surface area contributed by atoms with Crippen molar-refractivity contribution in [2.75, 3.05) is 13.1 Å². The highest BCUT2D eigenvalue weighted by molar-refractivity contribution is 7.89. The first kappa shape index (κ1) is 12.5. The third kappa shape index (κ3) is 3.05. The van der Waals surface area contributed by atoms with Gasteiger partial charge < -0.3 is 4.90 Å². The minimum Gasteiger partial charge on any atom is -0.341 e. The van der Waals surface area contributed by atoms with Crippen molar-refractivity contribution in [1.29, 1.82) is 0 Å². The van der Waals surface area contributed by atoms with Crippen LogP contribution in [0.15, 0.2) is 17.5 Å². The van der Waals surface area contributed by atoms with Crippen LogP contribution in [0.25, 0.3) is 0 Å². The number of sulfonamides is 1. The Morgan fingerprint density at radius 3 is 2.82 bits per heavy atom. The van der Waals surface area contributed by atoms with Crippen molar-refractivity contribution >= 4 is 27.3 Å². The fourth-order valence-corrected chi connectivity index (χ4v) is 3.33. The lowest BCUT2D eigenvalue weighted by atomic mass is 10.3. The summed E-state index contributed by atoms with van der Waals surface area (Å²) < 4.78 is 22.3. The van der Waals surface area contributed by atoms with Crippen LogP contribution in [0, 0.1) is 0 Å². The van der Waals surface area contributed by atoms with Crippen molar-refractivity contribution in [3.05, 3.63) is 22.4 Å². The summed E-state index contributed by atoms with van der Waals surface area (Å²) in [7, 11) is -3.60. The zero-order chi connectivity index (χ0) is 12.5. The SMILES string of the molecule is NS(=O)(=O)C1CC(=O)N(CCc2cccs2)C1. The molecule has 1 aromatic rings. The number of primary sulfonamides is 1. The Morgan fingerprint density at radius 2 is 2.29 bits per heavy atom. The molecular weight excluding hydrogens is 260 g/mol. The monoisotopic (exact) mass is 274 g/mol. The number of nitrogens with zero attached hydrogens (tertiary/aromatic N) is 1. The van der Waals surface area contributed by atoms with Gasteiger partial charge in [0.15, 0.2) is 0 Å². The molecule has 1 aliphatic heterocycles. The molecule has 0 saturated carbocycles. The molecule has 2 N–H and O–H groups in total. The second-order valence-electron chi connectivity index (χ2n) is 4.08. The van der Waals surface area contributed by atoms with E-state index in [1.807, 2.05) is 17.5 Å². The minimum absolute atomic E-state index is 0.0171. The molecule has 0 spiro atoms. The standard InChI is InChI=1S/C10H14N2O3S2/c11-17(14,15)9-6-10(13)12(7-9)4-3-8-2-1-5-16-8/h1-2,5,9H,3-4,6-7H2,(H2,11,14,15). The third-order valence-electron chi connectivity index (χ3n) is 2.85. The number of hydrogen-bond acceptors (Lipinski definition) is 4. The molecule has 7 heteroatoms. The summed E-state index contributed by atoms with van der Waals surface area (Å²) in [6, 6.07) is 3.96. The Kier molecular flexibility index (Phi) is 3.50. The maximum Gasteiger partial charge on any atom is 0.224 e. The molecule has 0 aliphatic carbocycles. The smallest absolute Gasteiger partial charge is 0.224 e. The zero-order valence-electron chi connectivity index (χ0n) is 9.20. The van der Waals surface area contributed by atoms with Gasteiger partial charge in [-0.25, -0.2) is 13.6 Å². The minimum atomic E-state index is -3.60. The average molecular weight is 274 g/mol. The second kappa shape index (κ2) is 4.75. The van der Waals surface area contributed by atoms with E-state index in [1.165, 1.54) is 4.88 Å². The number of carbonyl (C=O) groups excluding carboxylic acids is 1. The second-order valence-corrected chi connectivity index (χ2v) is 6.96. The van der Waals surface area contributed by atoms with Crippen molar-refractivity contribution in [2.24, 2.45) is 5.14 Å². The lowest BCUT2D eigenvalue weighted by molar-refractivity contribution is -0.127. The van der Waals surface area contributed by atoms with Gasteiger partial charge in [-0.3, -0.25) is 4.79 Å². The summed E-state index contributed by atoms with van der Waals surface area (Å²) in [5.74, 6) is -0.124. The van der Waals surface area contributed by atoms with E-state index in [4.69, 9.17) is 5.14 Å². The van der Waals surface area contributed by atoms with Gasteiger partial charge >= 0.3 is 0 Å². The molecule has 1 aromatic heterocycles. The van der Waals surface area contributed by atoms with E-state index >= 15 is 0 Å². The maximum atomic E-state index is 11.6. The highest BCUT2D eigenvalue weighted by Gasteiger charge is 2.35. The Labute approximate surface area is 104 Å². The Balaban J connectivity index is 1.93. The van der Waals surface area contributed by atoms with Crippen molar-refractivity contribution in [1.82, 2.24) is 4.90 Å². The topological polar surface area (TPSA) is 80.5 Å². The number of amides is 1. The first-order chi connectivity index (χ1) is 7.97. The Bertz CT molecular complexity index is 496. The van der Waals surface area contributed by atoms with E-state index in [0.717, 1.165) is 6.42 Å². The molecule has 0 radical (unpaired) electrons. The number of rotatable bonds is 4. The molecule has 17 heavy (non-hydrogen) atoms. The zero-order valence-corrected chi connectivity index (χ0v) is 10.8. The summed E-state index contributed by atoms with van der Waals surface area (Å²) in [6.07, 6.45) is 0.782. The van der Waals surface area contributed by atoms with Gasteiger partial charge in [0, 0.05) is 24.4 Å². The lowest BCUT2D eigenvalue weighted by Crippen LogP contribution is -2.33. The summed E-state index contributed by atoms with van der Waals surface area (Å²) >= 11 is 1.63. The molecule has 0 aromatic carbocycles. The predicted molar refractivity (Wildman–Crippen MR) is 66.1 cm³/mol. The quantitative estimate of drug-likeness (QED) is 0.850. The number of nitrogens with two attached hydrogens (primary N) is 1. The van der Waals surface area contributed by atoms with Crippen LogP contribution in [-0.2, 0) is 21.2 Å². The van der Waals surface area contributed by atoms with Gasteiger partial charge in [-0.2, -0.15) is 0 Å².